The second-order valence-electron chi connectivity index (χ2n) is 7.93. The molecule has 0 unspecified atom stereocenters. The van der Waals surface area contributed by atoms with Crippen molar-refractivity contribution in [3.05, 3.63) is 35.0 Å². The molecule has 1 saturated heterocycles. The molecule has 0 bridgehead atoms. The Morgan fingerprint density at radius 3 is 2.78 bits per heavy atom. The molecule has 1 aliphatic carbocycles. The van der Waals surface area contributed by atoms with E-state index in [2.05, 4.69) is 34.8 Å². The molecule has 5 nitrogen and oxygen atoms in total. The minimum atomic E-state index is 0.767. The highest BCUT2D eigenvalue weighted by Crippen LogP contribution is 2.42. The summed E-state index contributed by atoms with van der Waals surface area (Å²) in [6.07, 6.45) is 7.28. The number of anilines is 1. The number of pyridine rings is 1. The van der Waals surface area contributed by atoms with Gasteiger partial charge in [-0.3, -0.25) is 4.98 Å². The van der Waals surface area contributed by atoms with Crippen molar-refractivity contribution >= 4 is 27.4 Å². The van der Waals surface area contributed by atoms with Gasteiger partial charge in [0.15, 0.2) is 5.82 Å². The Hall–Kier alpha value is -2.05. The van der Waals surface area contributed by atoms with Crippen LogP contribution in [-0.4, -0.2) is 53.1 Å². The number of fused-ring (bicyclic) bond motifs is 3. The van der Waals surface area contributed by atoms with Crippen LogP contribution in [0.5, 0.6) is 0 Å². The first kappa shape index (κ1) is 17.1. The molecular formula is C21H25N5S. The van der Waals surface area contributed by atoms with Gasteiger partial charge >= 0.3 is 0 Å². The highest BCUT2D eigenvalue weighted by molar-refractivity contribution is 7.19. The van der Waals surface area contributed by atoms with Gasteiger partial charge in [0.25, 0.3) is 0 Å². The molecule has 0 aromatic carbocycles. The van der Waals surface area contributed by atoms with E-state index in [0.29, 0.717) is 0 Å². The van der Waals surface area contributed by atoms with Gasteiger partial charge in [0.2, 0.25) is 0 Å². The van der Waals surface area contributed by atoms with Crippen LogP contribution >= 0.6 is 11.3 Å². The number of aromatic nitrogens is 3. The third-order valence-electron chi connectivity index (χ3n) is 5.86. The Bertz CT molecular complexity index is 960. The first-order valence-electron chi connectivity index (χ1n) is 9.85. The van der Waals surface area contributed by atoms with E-state index in [-0.39, 0.29) is 0 Å². The normalized spacial score (nSPS) is 20.8. The standard InChI is InChI=1S/C21H25N5S/c1-14-5-6-16-17(12-14)27-21-18(16)20(26-10-8-25(2)9-11-26)23-19(24-21)15-4-3-7-22-13-15/h3-4,7,13-14H,5-6,8-12H2,1-2H3/t14-/m1/s1. The summed E-state index contributed by atoms with van der Waals surface area (Å²) in [6, 6.07) is 4.01. The molecule has 0 radical (unpaired) electrons. The van der Waals surface area contributed by atoms with Crippen LogP contribution in [0.25, 0.3) is 21.6 Å². The Kier molecular flexibility index (Phi) is 4.32. The van der Waals surface area contributed by atoms with Gasteiger partial charge in [0.1, 0.15) is 10.6 Å². The van der Waals surface area contributed by atoms with Gasteiger partial charge in [0.05, 0.1) is 5.39 Å². The van der Waals surface area contributed by atoms with Crippen molar-refractivity contribution in [1.82, 2.24) is 19.9 Å². The monoisotopic (exact) mass is 379 g/mol. The number of nitrogens with zero attached hydrogens (tertiary/aromatic N) is 5. The fourth-order valence-electron chi connectivity index (χ4n) is 4.19. The Morgan fingerprint density at radius 2 is 2.00 bits per heavy atom. The van der Waals surface area contributed by atoms with E-state index >= 15 is 0 Å². The van der Waals surface area contributed by atoms with Crippen LogP contribution in [0.2, 0.25) is 0 Å². The highest BCUT2D eigenvalue weighted by atomic mass is 32.1. The maximum atomic E-state index is 5.08. The van der Waals surface area contributed by atoms with E-state index < -0.39 is 0 Å². The SMILES string of the molecule is C[C@@H]1CCc2c(sc3nc(-c4cccnc4)nc(N4CCN(C)CC4)c23)C1. The molecule has 1 fully saturated rings. The van der Waals surface area contributed by atoms with E-state index in [1.807, 2.05) is 23.6 Å². The lowest BCUT2D eigenvalue weighted by atomic mass is 9.89. The number of rotatable bonds is 2. The summed E-state index contributed by atoms with van der Waals surface area (Å²) in [5.41, 5.74) is 2.51. The summed E-state index contributed by atoms with van der Waals surface area (Å²) >= 11 is 1.88. The lowest BCUT2D eigenvalue weighted by Gasteiger charge is -2.34. The fourth-order valence-corrected chi connectivity index (χ4v) is 5.57. The number of likely N-dealkylation sites (N-methyl/N-ethyl adjacent to an activating group) is 1. The van der Waals surface area contributed by atoms with Gasteiger partial charge in [-0.1, -0.05) is 6.92 Å². The Balaban J connectivity index is 1.69. The van der Waals surface area contributed by atoms with E-state index in [4.69, 9.17) is 9.97 Å². The van der Waals surface area contributed by atoms with Crippen LogP contribution in [-0.2, 0) is 12.8 Å². The zero-order chi connectivity index (χ0) is 18.4. The largest absolute Gasteiger partial charge is 0.353 e. The smallest absolute Gasteiger partial charge is 0.164 e. The van der Waals surface area contributed by atoms with E-state index in [1.165, 1.54) is 28.7 Å². The van der Waals surface area contributed by atoms with Crippen molar-refractivity contribution < 1.29 is 0 Å². The zero-order valence-corrected chi connectivity index (χ0v) is 16.8. The molecule has 0 saturated carbocycles. The molecule has 2 aliphatic rings. The first-order chi connectivity index (χ1) is 13.2. The third-order valence-corrected chi connectivity index (χ3v) is 7.01. The predicted octanol–water partition coefficient (Wildman–Crippen LogP) is 3.63. The molecule has 1 atom stereocenters. The average molecular weight is 380 g/mol. The maximum Gasteiger partial charge on any atom is 0.164 e. The minimum absolute atomic E-state index is 0.767. The van der Waals surface area contributed by atoms with Crippen LogP contribution in [0.1, 0.15) is 23.8 Å². The van der Waals surface area contributed by atoms with Crippen LogP contribution < -0.4 is 4.90 Å². The van der Waals surface area contributed by atoms with E-state index in [1.54, 1.807) is 6.20 Å². The Morgan fingerprint density at radius 1 is 1.15 bits per heavy atom. The summed E-state index contributed by atoms with van der Waals surface area (Å²) in [7, 11) is 2.20. The fraction of sp³-hybridized carbons (Fsp3) is 0.476. The molecule has 1 aliphatic heterocycles. The van der Waals surface area contributed by atoms with Gasteiger partial charge in [0, 0.05) is 49.0 Å². The number of hydrogen-bond acceptors (Lipinski definition) is 6. The van der Waals surface area contributed by atoms with Gasteiger partial charge < -0.3 is 9.80 Å². The zero-order valence-electron chi connectivity index (χ0n) is 16.0. The lowest BCUT2D eigenvalue weighted by molar-refractivity contribution is 0.312. The van der Waals surface area contributed by atoms with Gasteiger partial charge in [-0.15, -0.1) is 11.3 Å². The van der Waals surface area contributed by atoms with Crippen molar-refractivity contribution in [2.75, 3.05) is 38.1 Å². The van der Waals surface area contributed by atoms with Crippen molar-refractivity contribution in [3.8, 4) is 11.4 Å². The second kappa shape index (κ2) is 6.84. The van der Waals surface area contributed by atoms with Crippen LogP contribution in [0, 0.1) is 5.92 Å². The van der Waals surface area contributed by atoms with Gasteiger partial charge in [-0.05, 0) is 49.9 Å². The predicted molar refractivity (Wildman–Crippen MR) is 112 cm³/mol. The van der Waals surface area contributed by atoms with Crippen LogP contribution in [0.15, 0.2) is 24.5 Å². The second-order valence-corrected chi connectivity index (χ2v) is 9.02. The van der Waals surface area contributed by atoms with Gasteiger partial charge in [-0.25, -0.2) is 9.97 Å². The quantitative estimate of drug-likeness (QED) is 0.680. The van der Waals surface area contributed by atoms with Crippen molar-refractivity contribution in [1.29, 1.82) is 0 Å². The van der Waals surface area contributed by atoms with E-state index in [9.17, 15) is 0 Å². The molecule has 6 heteroatoms. The summed E-state index contributed by atoms with van der Waals surface area (Å²) in [5.74, 6) is 2.71. The molecule has 0 spiro atoms. The van der Waals surface area contributed by atoms with Crippen molar-refractivity contribution in [2.45, 2.75) is 26.2 Å². The first-order valence-corrected chi connectivity index (χ1v) is 10.7. The minimum Gasteiger partial charge on any atom is -0.353 e. The van der Waals surface area contributed by atoms with Gasteiger partial charge in [-0.2, -0.15) is 0 Å². The molecule has 140 valence electrons. The number of hydrogen-bond donors (Lipinski definition) is 0. The summed E-state index contributed by atoms with van der Waals surface area (Å²) < 4.78 is 0. The highest BCUT2D eigenvalue weighted by Gasteiger charge is 2.27. The van der Waals surface area contributed by atoms with E-state index in [0.717, 1.165) is 60.6 Å². The summed E-state index contributed by atoms with van der Waals surface area (Å²) in [4.78, 5) is 21.9. The molecule has 27 heavy (non-hydrogen) atoms. The molecule has 3 aromatic heterocycles. The molecule has 0 amide bonds. The molecular weight excluding hydrogens is 354 g/mol. The Labute approximate surface area is 164 Å². The molecule has 4 heterocycles. The topological polar surface area (TPSA) is 45.2 Å². The van der Waals surface area contributed by atoms with Crippen molar-refractivity contribution in [2.24, 2.45) is 5.92 Å². The average Bonchev–Trinajstić information content (AvgIpc) is 3.06. The molecule has 3 aromatic rings. The number of thiophene rings is 1. The number of aryl methyl sites for hydroxylation is 1. The summed E-state index contributed by atoms with van der Waals surface area (Å²) in [6.45, 7) is 6.57. The van der Waals surface area contributed by atoms with Crippen molar-refractivity contribution in [3.63, 3.8) is 0 Å². The lowest BCUT2D eigenvalue weighted by Crippen LogP contribution is -2.45. The molecule has 5 rings (SSSR count). The van der Waals surface area contributed by atoms with Crippen LogP contribution in [0.3, 0.4) is 0 Å². The molecule has 0 N–H and O–H groups in total. The third kappa shape index (κ3) is 3.11. The maximum absolute atomic E-state index is 5.08. The van der Waals surface area contributed by atoms with Crippen LogP contribution in [0.4, 0.5) is 5.82 Å². The number of piperazine rings is 1. The summed E-state index contributed by atoms with van der Waals surface area (Å²) in [5, 5.41) is 1.32.